The van der Waals surface area contributed by atoms with Crippen LogP contribution >= 0.6 is 0 Å². The zero-order valence-electron chi connectivity index (χ0n) is 10.8. The molecule has 0 amide bonds. The van der Waals surface area contributed by atoms with E-state index in [0.717, 1.165) is 6.42 Å². The van der Waals surface area contributed by atoms with Gasteiger partial charge in [0.25, 0.3) is 0 Å². The summed E-state index contributed by atoms with van der Waals surface area (Å²) in [5.74, 6) is -1.04. The van der Waals surface area contributed by atoms with Crippen LogP contribution in [0.25, 0.3) is 0 Å². The highest BCUT2D eigenvalue weighted by Crippen LogP contribution is 2.40. The number of hydrogen-bond acceptors (Lipinski definition) is 5. The van der Waals surface area contributed by atoms with Gasteiger partial charge in [-0.25, -0.2) is 0 Å². The Balaban J connectivity index is 1.60. The van der Waals surface area contributed by atoms with Gasteiger partial charge < -0.3 is 23.7 Å². The van der Waals surface area contributed by atoms with E-state index in [0.29, 0.717) is 6.61 Å². The minimum absolute atomic E-state index is 0.00266. The van der Waals surface area contributed by atoms with Crippen molar-refractivity contribution in [3.05, 3.63) is 0 Å². The van der Waals surface area contributed by atoms with Crippen molar-refractivity contribution in [3.63, 3.8) is 0 Å². The van der Waals surface area contributed by atoms with E-state index in [2.05, 4.69) is 0 Å². The number of fused-ring (bicyclic) bond motifs is 1. The molecule has 4 atom stereocenters. The Morgan fingerprint density at radius 1 is 0.824 bits per heavy atom. The molecule has 98 valence electrons. The van der Waals surface area contributed by atoms with Crippen molar-refractivity contribution < 1.29 is 23.7 Å². The summed E-state index contributed by atoms with van der Waals surface area (Å²) in [6, 6.07) is 0. The molecule has 0 aromatic rings. The van der Waals surface area contributed by atoms with Gasteiger partial charge in [-0.2, -0.15) is 0 Å². The maximum Gasteiger partial charge on any atom is 0.187 e. The summed E-state index contributed by atoms with van der Waals surface area (Å²) in [7, 11) is 0. The highest BCUT2D eigenvalue weighted by atomic mass is 16.8. The van der Waals surface area contributed by atoms with Crippen molar-refractivity contribution in [2.45, 2.75) is 70.3 Å². The molecule has 0 bridgehead atoms. The minimum Gasteiger partial charge on any atom is -0.348 e. The van der Waals surface area contributed by atoms with Crippen LogP contribution in [0.5, 0.6) is 0 Å². The third kappa shape index (κ3) is 2.22. The smallest absolute Gasteiger partial charge is 0.187 e. The summed E-state index contributed by atoms with van der Waals surface area (Å²) in [5, 5.41) is 0. The molecule has 0 aromatic carbocycles. The Kier molecular flexibility index (Phi) is 2.55. The molecule has 0 saturated carbocycles. The van der Waals surface area contributed by atoms with Gasteiger partial charge in [0.2, 0.25) is 0 Å². The van der Waals surface area contributed by atoms with Crippen LogP contribution in [0.4, 0.5) is 0 Å². The van der Waals surface area contributed by atoms with Gasteiger partial charge in [-0.1, -0.05) is 0 Å². The molecule has 0 aromatic heterocycles. The minimum atomic E-state index is -0.535. The van der Waals surface area contributed by atoms with Gasteiger partial charge in [-0.3, -0.25) is 0 Å². The molecule has 5 nitrogen and oxygen atoms in total. The predicted octanol–water partition coefficient (Wildman–Crippen LogP) is 1.40. The molecule has 3 aliphatic heterocycles. The summed E-state index contributed by atoms with van der Waals surface area (Å²) in [4.78, 5) is 0. The van der Waals surface area contributed by atoms with Crippen LogP contribution in [0.15, 0.2) is 0 Å². The summed E-state index contributed by atoms with van der Waals surface area (Å²) in [6.07, 6.45) is 0.538. The van der Waals surface area contributed by atoms with E-state index in [1.165, 1.54) is 0 Å². The largest absolute Gasteiger partial charge is 0.348 e. The summed E-state index contributed by atoms with van der Waals surface area (Å²) >= 11 is 0. The van der Waals surface area contributed by atoms with Crippen LogP contribution < -0.4 is 0 Å². The quantitative estimate of drug-likeness (QED) is 0.697. The van der Waals surface area contributed by atoms with Crippen molar-refractivity contribution in [1.29, 1.82) is 0 Å². The highest BCUT2D eigenvalue weighted by molar-refractivity contribution is 4.90. The lowest BCUT2D eigenvalue weighted by atomic mass is 10.1. The highest BCUT2D eigenvalue weighted by Gasteiger charge is 2.52. The molecule has 2 unspecified atom stereocenters. The molecule has 0 N–H and O–H groups in total. The molecular weight excluding hydrogens is 224 g/mol. The van der Waals surface area contributed by atoms with Crippen molar-refractivity contribution >= 4 is 0 Å². The molecule has 3 fully saturated rings. The van der Waals surface area contributed by atoms with Crippen LogP contribution in [-0.4, -0.2) is 42.8 Å². The number of hydrogen-bond donors (Lipinski definition) is 0. The third-order valence-electron chi connectivity index (χ3n) is 3.36. The van der Waals surface area contributed by atoms with E-state index in [1.807, 2.05) is 27.7 Å². The Hall–Kier alpha value is -0.200. The van der Waals surface area contributed by atoms with Crippen molar-refractivity contribution in [3.8, 4) is 0 Å². The topological polar surface area (TPSA) is 46.2 Å². The predicted molar refractivity (Wildman–Crippen MR) is 58.2 cm³/mol. The molecule has 0 radical (unpaired) electrons. The van der Waals surface area contributed by atoms with E-state index < -0.39 is 11.6 Å². The Morgan fingerprint density at radius 2 is 1.53 bits per heavy atom. The van der Waals surface area contributed by atoms with Crippen LogP contribution in [0.1, 0.15) is 34.1 Å². The molecule has 3 rings (SSSR count). The van der Waals surface area contributed by atoms with E-state index in [1.54, 1.807) is 0 Å². The molecule has 0 aliphatic carbocycles. The van der Waals surface area contributed by atoms with Gasteiger partial charge in [-0.05, 0) is 27.7 Å². The van der Waals surface area contributed by atoms with E-state index in [9.17, 15) is 0 Å². The zero-order valence-corrected chi connectivity index (χ0v) is 10.8. The van der Waals surface area contributed by atoms with Crippen LogP contribution in [0, 0.1) is 0 Å². The number of rotatable bonds is 1. The van der Waals surface area contributed by atoms with E-state index >= 15 is 0 Å². The Bertz CT molecular complexity index is 298. The first kappa shape index (κ1) is 11.9. The summed E-state index contributed by atoms with van der Waals surface area (Å²) in [6.45, 7) is 8.21. The molecule has 0 spiro atoms. The number of ether oxygens (including phenoxy) is 5. The SMILES string of the molecule is CC1(C)OCC(C2C[C@H]3OC(C)(C)O[C@H]3O2)O1. The van der Waals surface area contributed by atoms with Gasteiger partial charge in [0.1, 0.15) is 12.2 Å². The third-order valence-corrected chi connectivity index (χ3v) is 3.36. The van der Waals surface area contributed by atoms with Crippen molar-refractivity contribution in [2.24, 2.45) is 0 Å². The van der Waals surface area contributed by atoms with Gasteiger partial charge in [-0.15, -0.1) is 0 Å². The average Bonchev–Trinajstić information content (AvgIpc) is 2.75. The fourth-order valence-electron chi connectivity index (χ4n) is 2.67. The Morgan fingerprint density at radius 3 is 2.12 bits per heavy atom. The first-order chi connectivity index (χ1) is 7.85. The second-order valence-electron chi connectivity index (χ2n) is 5.82. The first-order valence-electron chi connectivity index (χ1n) is 6.18. The van der Waals surface area contributed by atoms with Gasteiger partial charge in [0.05, 0.1) is 12.7 Å². The monoisotopic (exact) mass is 244 g/mol. The first-order valence-corrected chi connectivity index (χ1v) is 6.18. The maximum absolute atomic E-state index is 5.85. The van der Waals surface area contributed by atoms with Crippen molar-refractivity contribution in [1.82, 2.24) is 0 Å². The normalized spacial score (nSPS) is 47.3. The zero-order chi connectivity index (χ0) is 12.3. The fraction of sp³-hybridized carbons (Fsp3) is 1.00. The van der Waals surface area contributed by atoms with Crippen LogP contribution in [-0.2, 0) is 23.7 Å². The average molecular weight is 244 g/mol. The fourth-order valence-corrected chi connectivity index (χ4v) is 2.67. The second kappa shape index (κ2) is 3.65. The summed E-state index contributed by atoms with van der Waals surface area (Å²) < 4.78 is 28.6. The molecular formula is C12H20O5. The lowest BCUT2D eigenvalue weighted by molar-refractivity contribution is -0.220. The van der Waals surface area contributed by atoms with Crippen molar-refractivity contribution in [2.75, 3.05) is 6.61 Å². The molecule has 17 heavy (non-hydrogen) atoms. The van der Waals surface area contributed by atoms with E-state index in [4.69, 9.17) is 23.7 Å². The lowest BCUT2D eigenvalue weighted by Gasteiger charge is -2.23. The van der Waals surface area contributed by atoms with Gasteiger partial charge in [0, 0.05) is 6.42 Å². The van der Waals surface area contributed by atoms with Crippen LogP contribution in [0.3, 0.4) is 0 Å². The van der Waals surface area contributed by atoms with E-state index in [-0.39, 0.29) is 24.6 Å². The van der Waals surface area contributed by atoms with Gasteiger partial charge in [0.15, 0.2) is 17.9 Å². The molecule has 3 aliphatic rings. The molecule has 3 heterocycles. The second-order valence-corrected chi connectivity index (χ2v) is 5.82. The summed E-state index contributed by atoms with van der Waals surface area (Å²) in [5.41, 5.74) is 0. The maximum atomic E-state index is 5.85. The molecule has 3 saturated heterocycles. The molecule has 5 heteroatoms. The van der Waals surface area contributed by atoms with Gasteiger partial charge >= 0.3 is 0 Å². The Labute approximate surface area is 101 Å². The van der Waals surface area contributed by atoms with Crippen LogP contribution in [0.2, 0.25) is 0 Å². The lowest BCUT2D eigenvalue weighted by Crippen LogP contribution is -2.33. The standard InChI is InChI=1S/C12H20O5/c1-11(2)13-6-9(16-11)7-5-8-10(14-7)17-12(3,4)15-8/h7-10H,5-6H2,1-4H3/t7?,8-,9?,10-/m1/s1.